The van der Waals surface area contributed by atoms with Crippen molar-refractivity contribution in [2.75, 3.05) is 14.2 Å². The minimum absolute atomic E-state index is 0.0599. The fraction of sp³-hybridized carbons (Fsp3) is 0.235. The van der Waals surface area contributed by atoms with Crippen molar-refractivity contribution < 1.29 is 9.63 Å². The highest BCUT2D eigenvalue weighted by molar-refractivity contribution is 5.81. The third-order valence-corrected chi connectivity index (χ3v) is 3.31. The molecule has 0 unspecified atom stereocenters. The van der Waals surface area contributed by atoms with Gasteiger partial charge in [-0.2, -0.15) is 0 Å². The molecule has 1 amide bonds. The largest absolute Gasteiger partial charge is 0.275 e. The molecule has 20 heavy (non-hydrogen) atoms. The number of carbonyl (C=O) groups excluding carboxylic acids is 1. The highest BCUT2D eigenvalue weighted by atomic mass is 16.7. The van der Waals surface area contributed by atoms with Crippen LogP contribution in [0.5, 0.6) is 0 Å². The maximum atomic E-state index is 12.0. The van der Waals surface area contributed by atoms with Gasteiger partial charge in [0.05, 0.1) is 13.5 Å². The summed E-state index contributed by atoms with van der Waals surface area (Å²) in [6.07, 6.45) is 0.330. The van der Waals surface area contributed by atoms with Crippen molar-refractivity contribution in [3.05, 3.63) is 59.7 Å². The van der Waals surface area contributed by atoms with Crippen LogP contribution in [0.3, 0.4) is 0 Å². The highest BCUT2D eigenvalue weighted by Gasteiger charge is 2.13. The van der Waals surface area contributed by atoms with Gasteiger partial charge in [0.2, 0.25) is 5.91 Å². The predicted octanol–water partition coefficient (Wildman–Crippen LogP) is 3.22. The lowest BCUT2D eigenvalue weighted by Crippen LogP contribution is -2.27. The van der Waals surface area contributed by atoms with E-state index < -0.39 is 0 Å². The summed E-state index contributed by atoms with van der Waals surface area (Å²) in [5, 5.41) is 1.26. The number of hydroxylamine groups is 2. The maximum Gasteiger partial charge on any atom is 0.250 e. The molecule has 0 spiro atoms. The number of amides is 1. The zero-order valence-electron chi connectivity index (χ0n) is 12.1. The van der Waals surface area contributed by atoms with Crippen LogP contribution in [0.4, 0.5) is 0 Å². The first-order valence-corrected chi connectivity index (χ1v) is 6.57. The Bertz CT molecular complexity index is 593. The van der Waals surface area contributed by atoms with E-state index in [9.17, 15) is 4.79 Å². The first kappa shape index (κ1) is 14.3. The smallest absolute Gasteiger partial charge is 0.250 e. The van der Waals surface area contributed by atoms with Gasteiger partial charge in [-0.25, -0.2) is 5.06 Å². The minimum Gasteiger partial charge on any atom is -0.275 e. The van der Waals surface area contributed by atoms with Gasteiger partial charge in [0.1, 0.15) is 0 Å². The van der Waals surface area contributed by atoms with E-state index in [1.807, 2.05) is 25.1 Å². The standard InChI is InChI=1S/C17H19NO2/c1-13-9-10-16(14-7-5-4-6-8-14)15(11-13)12-17(19)18(2)20-3/h4-11H,12H2,1-3H3. The topological polar surface area (TPSA) is 29.5 Å². The first-order valence-electron chi connectivity index (χ1n) is 6.57. The normalized spacial score (nSPS) is 10.3. The number of hydrogen-bond donors (Lipinski definition) is 0. The molecule has 3 heteroatoms. The van der Waals surface area contributed by atoms with E-state index in [2.05, 4.69) is 30.3 Å². The van der Waals surface area contributed by atoms with Crippen LogP contribution in [0.15, 0.2) is 48.5 Å². The van der Waals surface area contributed by atoms with E-state index >= 15 is 0 Å². The second-order valence-corrected chi connectivity index (χ2v) is 4.78. The summed E-state index contributed by atoms with van der Waals surface area (Å²) >= 11 is 0. The Morgan fingerprint density at radius 1 is 1.15 bits per heavy atom. The number of nitrogens with zero attached hydrogens (tertiary/aromatic N) is 1. The number of hydrogen-bond acceptors (Lipinski definition) is 2. The fourth-order valence-corrected chi connectivity index (χ4v) is 2.14. The van der Waals surface area contributed by atoms with Crippen LogP contribution >= 0.6 is 0 Å². The van der Waals surface area contributed by atoms with Gasteiger partial charge in [0, 0.05) is 7.05 Å². The lowest BCUT2D eigenvalue weighted by molar-refractivity contribution is -0.167. The molecule has 0 fully saturated rings. The molecule has 2 aromatic rings. The first-order chi connectivity index (χ1) is 9.61. The van der Waals surface area contributed by atoms with E-state index in [0.717, 1.165) is 22.3 Å². The number of likely N-dealkylation sites (N-methyl/N-ethyl adjacent to an activating group) is 1. The lowest BCUT2D eigenvalue weighted by Gasteiger charge is -2.16. The van der Waals surface area contributed by atoms with E-state index in [0.29, 0.717) is 6.42 Å². The molecule has 0 saturated carbocycles. The number of benzene rings is 2. The average Bonchev–Trinajstić information content (AvgIpc) is 2.47. The molecular formula is C17H19NO2. The molecule has 0 aliphatic carbocycles. The molecular weight excluding hydrogens is 250 g/mol. The van der Waals surface area contributed by atoms with Gasteiger partial charge < -0.3 is 0 Å². The maximum absolute atomic E-state index is 12.0. The predicted molar refractivity (Wildman–Crippen MR) is 80.1 cm³/mol. The molecule has 2 rings (SSSR count). The zero-order chi connectivity index (χ0) is 14.5. The van der Waals surface area contributed by atoms with E-state index in [-0.39, 0.29) is 5.91 Å². The summed E-state index contributed by atoms with van der Waals surface area (Å²) in [7, 11) is 3.12. The van der Waals surface area contributed by atoms with Crippen molar-refractivity contribution >= 4 is 5.91 Å². The highest BCUT2D eigenvalue weighted by Crippen LogP contribution is 2.25. The number of carbonyl (C=O) groups is 1. The molecule has 0 radical (unpaired) electrons. The van der Waals surface area contributed by atoms with Gasteiger partial charge >= 0.3 is 0 Å². The Morgan fingerprint density at radius 3 is 2.50 bits per heavy atom. The second-order valence-electron chi connectivity index (χ2n) is 4.78. The van der Waals surface area contributed by atoms with Gasteiger partial charge in [0.15, 0.2) is 0 Å². The molecule has 2 aromatic carbocycles. The van der Waals surface area contributed by atoms with Crippen LogP contribution in [0.25, 0.3) is 11.1 Å². The third-order valence-electron chi connectivity index (χ3n) is 3.31. The second kappa shape index (κ2) is 6.35. The molecule has 0 saturated heterocycles. The third kappa shape index (κ3) is 3.25. The van der Waals surface area contributed by atoms with E-state index in [4.69, 9.17) is 4.84 Å². The van der Waals surface area contributed by atoms with Crippen molar-refractivity contribution in [3.8, 4) is 11.1 Å². The van der Waals surface area contributed by atoms with Gasteiger partial charge in [-0.1, -0.05) is 54.1 Å². The van der Waals surface area contributed by atoms with Crippen LogP contribution < -0.4 is 0 Å². The van der Waals surface area contributed by atoms with Crippen LogP contribution in [0.2, 0.25) is 0 Å². The van der Waals surface area contributed by atoms with Crippen LogP contribution in [-0.2, 0) is 16.1 Å². The van der Waals surface area contributed by atoms with Crippen molar-refractivity contribution in [2.45, 2.75) is 13.3 Å². The summed E-state index contributed by atoms with van der Waals surface area (Å²) in [6, 6.07) is 16.3. The van der Waals surface area contributed by atoms with Gasteiger partial charge in [-0.05, 0) is 23.6 Å². The molecule has 104 valence electrons. The Labute approximate surface area is 119 Å². The van der Waals surface area contributed by atoms with Crippen LogP contribution in [0, 0.1) is 6.92 Å². The van der Waals surface area contributed by atoms with E-state index in [1.54, 1.807) is 7.05 Å². The van der Waals surface area contributed by atoms with Crippen LogP contribution in [0.1, 0.15) is 11.1 Å². The fourth-order valence-electron chi connectivity index (χ4n) is 2.14. The Kier molecular flexibility index (Phi) is 4.53. The molecule has 0 aromatic heterocycles. The van der Waals surface area contributed by atoms with Gasteiger partial charge in [-0.15, -0.1) is 0 Å². The lowest BCUT2D eigenvalue weighted by atomic mass is 9.96. The number of aryl methyl sites for hydroxylation is 1. The SMILES string of the molecule is CON(C)C(=O)Cc1cc(C)ccc1-c1ccccc1. The van der Waals surface area contributed by atoms with Crippen molar-refractivity contribution in [1.29, 1.82) is 0 Å². The molecule has 0 N–H and O–H groups in total. The van der Waals surface area contributed by atoms with E-state index in [1.165, 1.54) is 12.2 Å². The monoisotopic (exact) mass is 269 g/mol. The summed E-state index contributed by atoms with van der Waals surface area (Å²) in [5.74, 6) is -0.0599. The molecule has 0 bridgehead atoms. The summed E-state index contributed by atoms with van der Waals surface area (Å²) in [5.41, 5.74) is 4.38. The van der Waals surface area contributed by atoms with Crippen LogP contribution in [-0.4, -0.2) is 25.1 Å². The Morgan fingerprint density at radius 2 is 1.85 bits per heavy atom. The molecule has 0 aliphatic rings. The molecule has 0 heterocycles. The van der Waals surface area contributed by atoms with Crippen molar-refractivity contribution in [3.63, 3.8) is 0 Å². The average molecular weight is 269 g/mol. The minimum atomic E-state index is -0.0599. The molecule has 0 aliphatic heterocycles. The quantitative estimate of drug-likeness (QED) is 0.798. The zero-order valence-corrected chi connectivity index (χ0v) is 12.1. The van der Waals surface area contributed by atoms with Crippen molar-refractivity contribution in [1.82, 2.24) is 5.06 Å². The Balaban J connectivity index is 2.37. The molecule has 0 atom stereocenters. The number of rotatable bonds is 4. The van der Waals surface area contributed by atoms with Crippen molar-refractivity contribution in [2.24, 2.45) is 0 Å². The Hall–Kier alpha value is -2.13. The van der Waals surface area contributed by atoms with Gasteiger partial charge in [0.25, 0.3) is 0 Å². The summed E-state index contributed by atoms with van der Waals surface area (Å²) in [6.45, 7) is 2.03. The summed E-state index contributed by atoms with van der Waals surface area (Å²) < 4.78 is 0. The summed E-state index contributed by atoms with van der Waals surface area (Å²) in [4.78, 5) is 17.0. The van der Waals surface area contributed by atoms with Gasteiger partial charge in [-0.3, -0.25) is 9.63 Å². The molecule has 3 nitrogen and oxygen atoms in total.